The van der Waals surface area contributed by atoms with Crippen molar-refractivity contribution in [2.45, 2.75) is 26.3 Å². The molecule has 1 amide bonds. The van der Waals surface area contributed by atoms with E-state index in [0.717, 1.165) is 33.3 Å². The summed E-state index contributed by atoms with van der Waals surface area (Å²) in [7, 11) is 0. The van der Waals surface area contributed by atoms with Gasteiger partial charge >= 0.3 is 0 Å². The molecular weight excluding hydrogens is 382 g/mol. The Morgan fingerprint density at radius 2 is 1.97 bits per heavy atom. The van der Waals surface area contributed by atoms with Crippen molar-refractivity contribution in [3.05, 3.63) is 83.3 Å². The molecule has 0 spiro atoms. The third kappa shape index (κ3) is 4.25. The Kier molecular flexibility index (Phi) is 5.48. The molecule has 6 nitrogen and oxygen atoms in total. The van der Waals surface area contributed by atoms with Crippen LogP contribution >= 0.6 is 11.3 Å². The van der Waals surface area contributed by atoms with Crippen LogP contribution in [0.4, 0.5) is 0 Å². The van der Waals surface area contributed by atoms with Gasteiger partial charge < -0.3 is 5.32 Å². The fourth-order valence-electron chi connectivity index (χ4n) is 3.19. The molecule has 1 atom stereocenters. The molecule has 29 heavy (non-hydrogen) atoms. The monoisotopic (exact) mass is 403 g/mol. The van der Waals surface area contributed by atoms with Gasteiger partial charge in [-0.15, -0.1) is 11.3 Å². The molecule has 0 bridgehead atoms. The first kappa shape index (κ1) is 19.0. The summed E-state index contributed by atoms with van der Waals surface area (Å²) >= 11 is 1.55. The van der Waals surface area contributed by atoms with E-state index in [0.29, 0.717) is 0 Å². The lowest BCUT2D eigenvalue weighted by molar-refractivity contribution is -0.121. The molecule has 4 aromatic rings. The van der Waals surface area contributed by atoms with Crippen LogP contribution < -0.4 is 5.32 Å². The Hall–Kier alpha value is -3.32. The van der Waals surface area contributed by atoms with E-state index in [-0.39, 0.29) is 18.4 Å². The van der Waals surface area contributed by atoms with Crippen LogP contribution in [0.2, 0.25) is 0 Å². The summed E-state index contributed by atoms with van der Waals surface area (Å²) in [5, 5.41) is 10.3. The first-order chi connectivity index (χ1) is 14.1. The van der Waals surface area contributed by atoms with E-state index >= 15 is 0 Å². The summed E-state index contributed by atoms with van der Waals surface area (Å²) in [6.45, 7) is 3.94. The number of carbonyl (C=O) groups excluding carboxylic acids is 1. The highest BCUT2D eigenvalue weighted by atomic mass is 32.1. The van der Waals surface area contributed by atoms with Gasteiger partial charge in [0.2, 0.25) is 5.91 Å². The van der Waals surface area contributed by atoms with Crippen LogP contribution in [0.3, 0.4) is 0 Å². The maximum Gasteiger partial charge on any atom is 0.226 e. The number of carbonyl (C=O) groups is 1. The maximum absolute atomic E-state index is 12.5. The summed E-state index contributed by atoms with van der Waals surface area (Å²) in [6, 6.07) is 15.5. The zero-order chi connectivity index (χ0) is 20.2. The minimum atomic E-state index is -0.160. The highest BCUT2D eigenvalue weighted by Crippen LogP contribution is 2.24. The molecule has 4 rings (SSSR count). The normalized spacial score (nSPS) is 11.9. The zero-order valence-corrected chi connectivity index (χ0v) is 17.1. The number of hydrogen-bond acceptors (Lipinski definition) is 5. The van der Waals surface area contributed by atoms with Gasteiger partial charge in [0.1, 0.15) is 5.01 Å². The summed E-state index contributed by atoms with van der Waals surface area (Å²) in [6.07, 6.45) is 3.77. The molecule has 0 aliphatic carbocycles. The summed E-state index contributed by atoms with van der Waals surface area (Å²) in [5.74, 6) is 0.693. The largest absolute Gasteiger partial charge is 0.349 e. The molecular formula is C22H21N5OS. The number of benzene rings is 1. The van der Waals surface area contributed by atoms with Gasteiger partial charge in [-0.05, 0) is 26.0 Å². The lowest BCUT2D eigenvalue weighted by Gasteiger charge is -2.13. The van der Waals surface area contributed by atoms with Crippen molar-refractivity contribution >= 4 is 17.2 Å². The van der Waals surface area contributed by atoms with Crippen molar-refractivity contribution in [2.75, 3.05) is 0 Å². The lowest BCUT2D eigenvalue weighted by Crippen LogP contribution is -2.28. The van der Waals surface area contributed by atoms with Crippen LogP contribution in [-0.2, 0) is 11.2 Å². The van der Waals surface area contributed by atoms with E-state index in [1.165, 1.54) is 0 Å². The SMILES string of the molecule is Cc1c([C@@H](C)NC(=O)Cc2csc(-c3ccccc3)n2)cnn1-c1ccccn1. The highest BCUT2D eigenvalue weighted by molar-refractivity contribution is 7.13. The zero-order valence-electron chi connectivity index (χ0n) is 16.2. The number of hydrogen-bond donors (Lipinski definition) is 1. The van der Waals surface area contributed by atoms with Gasteiger partial charge in [-0.3, -0.25) is 4.79 Å². The highest BCUT2D eigenvalue weighted by Gasteiger charge is 2.17. The standard InChI is InChI=1S/C22H21N5OS/c1-15(19-13-24-27(16(19)2)20-10-6-7-11-23-20)25-21(28)12-18-14-29-22(26-18)17-8-4-3-5-9-17/h3-11,13-15H,12H2,1-2H3,(H,25,28)/t15-/m1/s1. The Morgan fingerprint density at radius 1 is 1.17 bits per heavy atom. The van der Waals surface area contributed by atoms with Gasteiger partial charge in [0, 0.05) is 28.4 Å². The maximum atomic E-state index is 12.5. The van der Waals surface area contributed by atoms with Gasteiger partial charge in [0.05, 0.1) is 24.4 Å². The Morgan fingerprint density at radius 3 is 2.72 bits per heavy atom. The Labute approximate surface area is 173 Å². The van der Waals surface area contributed by atoms with Crippen LogP contribution in [-0.4, -0.2) is 25.7 Å². The number of amides is 1. The molecule has 0 fully saturated rings. The third-order valence-electron chi connectivity index (χ3n) is 4.67. The van der Waals surface area contributed by atoms with E-state index in [4.69, 9.17) is 0 Å². The molecule has 7 heteroatoms. The van der Waals surface area contributed by atoms with Gasteiger partial charge in [-0.2, -0.15) is 5.10 Å². The number of nitrogens with one attached hydrogen (secondary N) is 1. The van der Waals surface area contributed by atoms with E-state index in [1.807, 2.05) is 67.8 Å². The van der Waals surface area contributed by atoms with Crippen molar-refractivity contribution in [3.8, 4) is 16.4 Å². The van der Waals surface area contributed by atoms with E-state index in [9.17, 15) is 4.79 Å². The van der Waals surface area contributed by atoms with Gasteiger partial charge in [-0.1, -0.05) is 36.4 Å². The predicted molar refractivity (Wildman–Crippen MR) is 114 cm³/mol. The fourth-order valence-corrected chi connectivity index (χ4v) is 4.02. The van der Waals surface area contributed by atoms with Crippen LogP contribution in [0.15, 0.2) is 66.3 Å². The molecule has 0 saturated heterocycles. The number of rotatable bonds is 6. The molecule has 3 heterocycles. The number of nitrogens with zero attached hydrogens (tertiary/aromatic N) is 4. The minimum absolute atomic E-state index is 0.0626. The molecule has 1 N–H and O–H groups in total. The second kappa shape index (κ2) is 8.36. The van der Waals surface area contributed by atoms with Crippen LogP contribution in [0.5, 0.6) is 0 Å². The average Bonchev–Trinajstić information content (AvgIpc) is 3.36. The molecule has 0 radical (unpaired) electrons. The van der Waals surface area contributed by atoms with Crippen LogP contribution in [0, 0.1) is 6.92 Å². The van der Waals surface area contributed by atoms with Crippen molar-refractivity contribution in [2.24, 2.45) is 0 Å². The molecule has 0 unspecified atom stereocenters. The molecule has 146 valence electrons. The van der Waals surface area contributed by atoms with E-state index in [2.05, 4.69) is 20.4 Å². The average molecular weight is 404 g/mol. The topological polar surface area (TPSA) is 72.7 Å². The van der Waals surface area contributed by atoms with Crippen molar-refractivity contribution in [3.63, 3.8) is 0 Å². The molecule has 3 aromatic heterocycles. The molecule has 1 aromatic carbocycles. The van der Waals surface area contributed by atoms with Crippen LogP contribution in [0.25, 0.3) is 16.4 Å². The second-order valence-electron chi connectivity index (χ2n) is 6.76. The Bertz CT molecular complexity index is 1100. The molecule has 0 aliphatic rings. The van der Waals surface area contributed by atoms with Crippen molar-refractivity contribution in [1.29, 1.82) is 0 Å². The fraction of sp³-hybridized carbons (Fsp3) is 0.182. The number of aromatic nitrogens is 4. The van der Waals surface area contributed by atoms with E-state index < -0.39 is 0 Å². The number of thiazole rings is 1. The lowest BCUT2D eigenvalue weighted by atomic mass is 10.1. The van der Waals surface area contributed by atoms with Crippen molar-refractivity contribution < 1.29 is 4.79 Å². The van der Waals surface area contributed by atoms with Crippen molar-refractivity contribution in [1.82, 2.24) is 25.1 Å². The summed E-state index contributed by atoms with van der Waals surface area (Å²) in [4.78, 5) is 21.5. The quantitative estimate of drug-likeness (QED) is 0.526. The van der Waals surface area contributed by atoms with Gasteiger partial charge in [0.15, 0.2) is 5.82 Å². The third-order valence-corrected chi connectivity index (χ3v) is 5.61. The molecule has 0 aliphatic heterocycles. The molecule has 0 saturated carbocycles. The van der Waals surface area contributed by atoms with Gasteiger partial charge in [-0.25, -0.2) is 14.6 Å². The summed E-state index contributed by atoms with van der Waals surface area (Å²) < 4.78 is 1.78. The smallest absolute Gasteiger partial charge is 0.226 e. The summed E-state index contributed by atoms with van der Waals surface area (Å²) in [5.41, 5.74) is 3.76. The predicted octanol–water partition coefficient (Wildman–Crippen LogP) is 4.12. The van der Waals surface area contributed by atoms with Gasteiger partial charge in [0.25, 0.3) is 0 Å². The first-order valence-corrected chi connectivity index (χ1v) is 10.2. The second-order valence-corrected chi connectivity index (χ2v) is 7.62. The van der Waals surface area contributed by atoms with E-state index in [1.54, 1.807) is 28.4 Å². The van der Waals surface area contributed by atoms with Crippen LogP contribution in [0.1, 0.15) is 29.9 Å². The number of pyridine rings is 1. The minimum Gasteiger partial charge on any atom is -0.349 e. The Balaban J connectivity index is 1.42. The first-order valence-electron chi connectivity index (χ1n) is 9.37.